The number of anilines is 2. The molecule has 3 heterocycles. The highest BCUT2D eigenvalue weighted by molar-refractivity contribution is 5.96. The van der Waals surface area contributed by atoms with Gasteiger partial charge in [-0.2, -0.15) is 0 Å². The van der Waals surface area contributed by atoms with Gasteiger partial charge in [-0.25, -0.2) is 14.1 Å². The number of hydrogen-bond acceptors (Lipinski definition) is 5. The summed E-state index contributed by atoms with van der Waals surface area (Å²) in [5.41, 5.74) is 4.13. The minimum atomic E-state index is -0.525. The number of carbonyl (C=O) groups is 2. The minimum absolute atomic E-state index is 0.0812. The van der Waals surface area contributed by atoms with Gasteiger partial charge in [-0.3, -0.25) is 9.59 Å². The van der Waals surface area contributed by atoms with E-state index in [9.17, 15) is 14.0 Å². The molecule has 1 aromatic carbocycles. The molecule has 1 fully saturated rings. The second-order valence-electron chi connectivity index (χ2n) is 8.00. The molecule has 1 saturated heterocycles. The SMILES string of the molecule is COc1nn(C)c2nc(C)c(CCC(=O)Nc3ccc(N4CCCC4=O)c(F)c3)c(C)c12. The Bertz CT molecular complexity index is 1220. The van der Waals surface area contributed by atoms with E-state index in [-0.39, 0.29) is 23.9 Å². The average Bonchev–Trinajstić information content (AvgIpc) is 3.31. The van der Waals surface area contributed by atoms with Gasteiger partial charge in [-0.05, 0) is 56.0 Å². The Hall–Kier alpha value is -3.49. The topological polar surface area (TPSA) is 89.3 Å². The number of ether oxygens (including phenoxy) is 1. The number of halogens is 1. The molecule has 168 valence electrons. The maximum atomic E-state index is 14.5. The van der Waals surface area contributed by atoms with E-state index in [0.29, 0.717) is 31.0 Å². The van der Waals surface area contributed by atoms with Crippen LogP contribution < -0.4 is 15.0 Å². The fourth-order valence-electron chi connectivity index (χ4n) is 4.28. The van der Waals surface area contributed by atoms with Crippen molar-refractivity contribution in [3.05, 3.63) is 40.8 Å². The molecule has 0 unspecified atom stereocenters. The predicted molar refractivity (Wildman–Crippen MR) is 119 cm³/mol. The zero-order chi connectivity index (χ0) is 23.0. The Morgan fingerprint density at radius 1 is 1.31 bits per heavy atom. The summed E-state index contributed by atoms with van der Waals surface area (Å²) in [7, 11) is 3.38. The molecule has 0 atom stereocenters. The number of pyridine rings is 1. The second-order valence-corrected chi connectivity index (χ2v) is 8.00. The maximum Gasteiger partial charge on any atom is 0.242 e. The average molecular weight is 439 g/mol. The minimum Gasteiger partial charge on any atom is -0.479 e. The molecule has 0 bridgehead atoms. The van der Waals surface area contributed by atoms with Crippen molar-refractivity contribution in [2.75, 3.05) is 23.9 Å². The maximum absolute atomic E-state index is 14.5. The van der Waals surface area contributed by atoms with E-state index in [0.717, 1.165) is 34.3 Å². The summed E-state index contributed by atoms with van der Waals surface area (Å²) in [6.07, 6.45) is 1.85. The van der Waals surface area contributed by atoms with E-state index < -0.39 is 5.82 Å². The molecule has 2 aromatic heterocycles. The Labute approximate surface area is 185 Å². The first kappa shape index (κ1) is 21.7. The molecule has 1 N–H and O–H groups in total. The van der Waals surface area contributed by atoms with Gasteiger partial charge < -0.3 is 15.0 Å². The molecule has 9 heteroatoms. The van der Waals surface area contributed by atoms with Crippen LogP contribution in [0.25, 0.3) is 11.0 Å². The molecule has 0 spiro atoms. The van der Waals surface area contributed by atoms with Gasteiger partial charge in [0, 0.05) is 37.8 Å². The number of benzene rings is 1. The van der Waals surface area contributed by atoms with E-state index in [1.807, 2.05) is 20.9 Å². The number of amides is 2. The number of nitrogens with one attached hydrogen (secondary N) is 1. The van der Waals surface area contributed by atoms with Crippen LogP contribution in [0, 0.1) is 19.7 Å². The summed E-state index contributed by atoms with van der Waals surface area (Å²) in [6.45, 7) is 4.40. The number of methoxy groups -OCH3 is 1. The van der Waals surface area contributed by atoms with Crippen LogP contribution in [0.3, 0.4) is 0 Å². The van der Waals surface area contributed by atoms with Crippen molar-refractivity contribution >= 4 is 34.2 Å². The molecule has 0 radical (unpaired) electrons. The predicted octanol–water partition coefficient (Wildman–Crippen LogP) is 3.43. The number of hydrogen-bond donors (Lipinski definition) is 1. The normalized spacial score (nSPS) is 13.8. The molecule has 8 nitrogen and oxygen atoms in total. The molecule has 32 heavy (non-hydrogen) atoms. The van der Waals surface area contributed by atoms with Gasteiger partial charge in [0.2, 0.25) is 17.7 Å². The Balaban J connectivity index is 1.47. The standard InChI is InChI=1S/C23H26FN5O3/c1-13-16(14(2)25-22-21(13)23(32-4)27-28(22)3)8-10-19(30)26-15-7-9-18(17(24)12-15)29-11-5-6-20(29)31/h7,9,12H,5-6,8,10-11H2,1-4H3,(H,26,30). The van der Waals surface area contributed by atoms with Crippen molar-refractivity contribution in [3.63, 3.8) is 0 Å². The van der Waals surface area contributed by atoms with Crippen molar-refractivity contribution in [1.29, 1.82) is 0 Å². The van der Waals surface area contributed by atoms with Crippen LogP contribution in [0.4, 0.5) is 15.8 Å². The largest absolute Gasteiger partial charge is 0.479 e. The lowest BCUT2D eigenvalue weighted by molar-refractivity contribution is -0.117. The van der Waals surface area contributed by atoms with Gasteiger partial charge >= 0.3 is 0 Å². The summed E-state index contributed by atoms with van der Waals surface area (Å²) in [5.74, 6) is -0.331. The van der Waals surface area contributed by atoms with Crippen LogP contribution in [0.1, 0.15) is 36.1 Å². The smallest absolute Gasteiger partial charge is 0.242 e. The van der Waals surface area contributed by atoms with Crippen LogP contribution in [-0.2, 0) is 23.1 Å². The molecule has 0 saturated carbocycles. The van der Waals surface area contributed by atoms with Crippen molar-refractivity contribution in [1.82, 2.24) is 14.8 Å². The van der Waals surface area contributed by atoms with Gasteiger partial charge in [0.1, 0.15) is 5.82 Å². The number of nitrogens with zero attached hydrogens (tertiary/aromatic N) is 4. The second kappa shape index (κ2) is 8.57. The van der Waals surface area contributed by atoms with Gasteiger partial charge in [0.05, 0.1) is 18.2 Å². The quantitative estimate of drug-likeness (QED) is 0.636. The third-order valence-electron chi connectivity index (χ3n) is 5.91. The van der Waals surface area contributed by atoms with Crippen LogP contribution in [0.2, 0.25) is 0 Å². The molecule has 1 aliphatic heterocycles. The lowest BCUT2D eigenvalue weighted by atomic mass is 10.00. The van der Waals surface area contributed by atoms with Crippen molar-refractivity contribution in [2.45, 2.75) is 39.5 Å². The molecule has 3 aromatic rings. The van der Waals surface area contributed by atoms with E-state index in [1.54, 1.807) is 17.9 Å². The highest BCUT2D eigenvalue weighted by atomic mass is 19.1. The van der Waals surface area contributed by atoms with Crippen LogP contribution in [0.5, 0.6) is 5.88 Å². The molecule has 4 rings (SSSR count). The monoisotopic (exact) mass is 439 g/mol. The van der Waals surface area contributed by atoms with E-state index in [1.165, 1.54) is 17.0 Å². The Morgan fingerprint density at radius 3 is 2.75 bits per heavy atom. The number of aryl methyl sites for hydroxylation is 3. The molecule has 1 aliphatic rings. The van der Waals surface area contributed by atoms with Crippen LogP contribution in [-0.4, -0.2) is 40.2 Å². The number of fused-ring (bicyclic) bond motifs is 1. The third-order valence-corrected chi connectivity index (χ3v) is 5.91. The highest BCUT2D eigenvalue weighted by Gasteiger charge is 2.24. The zero-order valence-electron chi connectivity index (χ0n) is 18.7. The Kier molecular flexibility index (Phi) is 5.82. The van der Waals surface area contributed by atoms with Crippen molar-refractivity contribution in [3.8, 4) is 5.88 Å². The molecular formula is C23H26FN5O3. The van der Waals surface area contributed by atoms with E-state index in [2.05, 4.69) is 15.4 Å². The summed E-state index contributed by atoms with van der Waals surface area (Å²) in [6, 6.07) is 4.41. The first-order chi connectivity index (χ1) is 15.3. The fraction of sp³-hybridized carbons (Fsp3) is 0.391. The van der Waals surface area contributed by atoms with Gasteiger partial charge in [0.15, 0.2) is 5.65 Å². The summed E-state index contributed by atoms with van der Waals surface area (Å²) < 4.78 is 21.6. The number of carbonyl (C=O) groups excluding carboxylic acids is 2. The number of aromatic nitrogens is 3. The van der Waals surface area contributed by atoms with Gasteiger partial charge in [-0.15, -0.1) is 5.10 Å². The summed E-state index contributed by atoms with van der Waals surface area (Å²) >= 11 is 0. The van der Waals surface area contributed by atoms with Crippen molar-refractivity contribution in [2.24, 2.45) is 7.05 Å². The van der Waals surface area contributed by atoms with E-state index >= 15 is 0 Å². The van der Waals surface area contributed by atoms with Crippen LogP contribution >= 0.6 is 0 Å². The van der Waals surface area contributed by atoms with Gasteiger partial charge in [0.25, 0.3) is 0 Å². The lowest BCUT2D eigenvalue weighted by Gasteiger charge is -2.17. The zero-order valence-corrected chi connectivity index (χ0v) is 18.7. The number of rotatable bonds is 6. The van der Waals surface area contributed by atoms with Gasteiger partial charge in [-0.1, -0.05) is 0 Å². The summed E-state index contributed by atoms with van der Waals surface area (Å²) in [5, 5.41) is 7.92. The van der Waals surface area contributed by atoms with Crippen molar-refractivity contribution < 1.29 is 18.7 Å². The summed E-state index contributed by atoms with van der Waals surface area (Å²) in [4.78, 5) is 30.5. The molecular weight excluding hydrogens is 413 g/mol. The molecule has 2 amide bonds. The first-order valence-electron chi connectivity index (χ1n) is 10.6. The lowest BCUT2D eigenvalue weighted by Crippen LogP contribution is -2.24. The van der Waals surface area contributed by atoms with E-state index in [4.69, 9.17) is 4.74 Å². The third kappa shape index (κ3) is 3.90. The first-order valence-corrected chi connectivity index (χ1v) is 10.6. The Morgan fingerprint density at radius 2 is 2.09 bits per heavy atom. The fourth-order valence-corrected chi connectivity index (χ4v) is 4.28. The highest BCUT2D eigenvalue weighted by Crippen LogP contribution is 2.31. The molecule has 0 aliphatic carbocycles. The van der Waals surface area contributed by atoms with Crippen LogP contribution in [0.15, 0.2) is 18.2 Å².